The van der Waals surface area contributed by atoms with E-state index in [1.807, 2.05) is 18.2 Å². The molecule has 4 rings (SSSR count). The molecule has 2 heterocycles. The normalized spacial score (nSPS) is 24.1. The Hall–Kier alpha value is -2.44. The molecule has 3 atom stereocenters. The zero-order valence-corrected chi connectivity index (χ0v) is 16.8. The van der Waals surface area contributed by atoms with E-state index in [0.717, 1.165) is 42.0 Å². The Kier molecular flexibility index (Phi) is 5.33. The van der Waals surface area contributed by atoms with Crippen molar-refractivity contribution in [1.29, 1.82) is 0 Å². The van der Waals surface area contributed by atoms with Crippen LogP contribution in [0.3, 0.4) is 0 Å². The Morgan fingerprint density at radius 2 is 1.36 bits per heavy atom. The molecule has 2 aromatic rings. The molecule has 0 bridgehead atoms. The van der Waals surface area contributed by atoms with Crippen molar-refractivity contribution in [1.82, 2.24) is 4.90 Å². The quantitative estimate of drug-likeness (QED) is 0.750. The summed E-state index contributed by atoms with van der Waals surface area (Å²) in [6.07, 6.45) is 2.24. The monoisotopic (exact) mass is 385 g/mol. The number of fused-ring (bicyclic) bond motifs is 1. The van der Waals surface area contributed by atoms with E-state index in [0.29, 0.717) is 11.5 Å². The summed E-state index contributed by atoms with van der Waals surface area (Å²) in [6, 6.07) is 12.2. The van der Waals surface area contributed by atoms with Crippen LogP contribution in [-0.4, -0.2) is 46.1 Å². The molecule has 0 aromatic heterocycles. The van der Waals surface area contributed by atoms with Crippen molar-refractivity contribution in [3.05, 3.63) is 47.5 Å². The third kappa shape index (κ3) is 3.16. The van der Waals surface area contributed by atoms with Crippen LogP contribution < -0.4 is 18.9 Å². The Balaban J connectivity index is 1.75. The first-order valence-corrected chi connectivity index (χ1v) is 9.55. The number of ether oxygens (including phenoxy) is 5. The van der Waals surface area contributed by atoms with Gasteiger partial charge in [-0.2, -0.15) is 0 Å². The molecule has 0 spiro atoms. The molecule has 6 nitrogen and oxygen atoms in total. The van der Waals surface area contributed by atoms with Crippen molar-refractivity contribution in [2.75, 3.05) is 35.0 Å². The van der Waals surface area contributed by atoms with Gasteiger partial charge in [-0.25, -0.2) is 0 Å². The molecular formula is C22H27NO5. The summed E-state index contributed by atoms with van der Waals surface area (Å²) >= 11 is 0. The maximum absolute atomic E-state index is 6.50. The highest BCUT2D eigenvalue weighted by molar-refractivity contribution is 5.47. The van der Waals surface area contributed by atoms with Crippen LogP contribution in [-0.2, 0) is 4.74 Å². The highest BCUT2D eigenvalue weighted by Gasteiger charge is 2.46. The number of hydrogen-bond donors (Lipinski definition) is 0. The minimum Gasteiger partial charge on any atom is -0.493 e. The summed E-state index contributed by atoms with van der Waals surface area (Å²) in [4.78, 5) is 2.45. The Bertz CT molecular complexity index is 840. The average Bonchev–Trinajstić information content (AvgIpc) is 3.34. The molecule has 28 heavy (non-hydrogen) atoms. The van der Waals surface area contributed by atoms with E-state index in [1.54, 1.807) is 28.4 Å². The lowest BCUT2D eigenvalue weighted by Crippen LogP contribution is -2.26. The van der Waals surface area contributed by atoms with Crippen molar-refractivity contribution in [2.24, 2.45) is 0 Å². The van der Waals surface area contributed by atoms with E-state index < -0.39 is 0 Å². The molecule has 0 radical (unpaired) electrons. The highest BCUT2D eigenvalue weighted by Crippen LogP contribution is 2.50. The largest absolute Gasteiger partial charge is 0.493 e. The maximum Gasteiger partial charge on any atom is 0.161 e. The second-order valence-corrected chi connectivity index (χ2v) is 7.07. The maximum atomic E-state index is 6.50. The van der Waals surface area contributed by atoms with E-state index in [-0.39, 0.29) is 18.4 Å². The first-order chi connectivity index (χ1) is 13.7. The van der Waals surface area contributed by atoms with Crippen molar-refractivity contribution >= 4 is 0 Å². The van der Waals surface area contributed by atoms with Crippen molar-refractivity contribution < 1.29 is 23.7 Å². The van der Waals surface area contributed by atoms with Crippen molar-refractivity contribution in [3.8, 4) is 23.0 Å². The molecule has 0 aliphatic carbocycles. The van der Waals surface area contributed by atoms with E-state index in [9.17, 15) is 0 Å². The summed E-state index contributed by atoms with van der Waals surface area (Å²) in [5.74, 6) is 2.88. The van der Waals surface area contributed by atoms with E-state index >= 15 is 0 Å². The summed E-state index contributed by atoms with van der Waals surface area (Å²) in [7, 11) is 6.61. The van der Waals surface area contributed by atoms with Gasteiger partial charge in [-0.05, 0) is 48.2 Å². The summed E-state index contributed by atoms with van der Waals surface area (Å²) in [5.41, 5.74) is 2.23. The second kappa shape index (κ2) is 7.89. The van der Waals surface area contributed by atoms with Gasteiger partial charge in [-0.1, -0.05) is 12.1 Å². The van der Waals surface area contributed by atoms with Gasteiger partial charge >= 0.3 is 0 Å². The van der Waals surface area contributed by atoms with Crippen LogP contribution in [0.1, 0.15) is 36.1 Å². The third-order valence-corrected chi connectivity index (χ3v) is 5.67. The fourth-order valence-corrected chi connectivity index (χ4v) is 4.33. The average molecular weight is 385 g/mol. The van der Waals surface area contributed by atoms with Gasteiger partial charge in [0, 0.05) is 6.54 Å². The molecule has 2 fully saturated rings. The number of rotatable bonds is 6. The molecule has 2 aliphatic rings. The van der Waals surface area contributed by atoms with Gasteiger partial charge in [0.1, 0.15) is 12.3 Å². The topological polar surface area (TPSA) is 49.4 Å². The molecule has 0 saturated carbocycles. The van der Waals surface area contributed by atoms with Gasteiger partial charge in [0.05, 0.1) is 34.5 Å². The molecule has 150 valence electrons. The van der Waals surface area contributed by atoms with Gasteiger partial charge in [-0.15, -0.1) is 0 Å². The van der Waals surface area contributed by atoms with Gasteiger partial charge < -0.3 is 23.7 Å². The van der Waals surface area contributed by atoms with Gasteiger partial charge in [0.2, 0.25) is 0 Å². The minimum absolute atomic E-state index is 0.0943. The zero-order valence-electron chi connectivity index (χ0n) is 16.8. The van der Waals surface area contributed by atoms with Crippen LogP contribution in [0.5, 0.6) is 23.0 Å². The number of hydrogen-bond acceptors (Lipinski definition) is 6. The molecule has 2 saturated heterocycles. The molecule has 2 aliphatic heterocycles. The smallest absolute Gasteiger partial charge is 0.161 e. The number of benzene rings is 2. The summed E-state index contributed by atoms with van der Waals surface area (Å²) in [5, 5.41) is 0. The van der Waals surface area contributed by atoms with Gasteiger partial charge in [-0.3, -0.25) is 4.90 Å². The lowest BCUT2D eigenvalue weighted by atomic mass is 9.94. The SMILES string of the molecule is COc1ccc([C@H]2O[C@H]3CCCN3[C@@H]2c2ccc(OC)c(OC)c2)cc1OC. The van der Waals surface area contributed by atoms with Crippen molar-refractivity contribution in [2.45, 2.75) is 31.2 Å². The zero-order chi connectivity index (χ0) is 19.7. The first kappa shape index (κ1) is 18.9. The second-order valence-electron chi connectivity index (χ2n) is 7.07. The summed E-state index contributed by atoms with van der Waals surface area (Å²) in [6.45, 7) is 1.02. The van der Waals surface area contributed by atoms with Gasteiger partial charge in [0.25, 0.3) is 0 Å². The molecule has 2 aromatic carbocycles. The van der Waals surface area contributed by atoms with E-state index in [2.05, 4.69) is 23.1 Å². The number of nitrogens with zero attached hydrogens (tertiary/aromatic N) is 1. The fourth-order valence-electron chi connectivity index (χ4n) is 4.33. The lowest BCUT2D eigenvalue weighted by Gasteiger charge is -2.26. The highest BCUT2D eigenvalue weighted by atomic mass is 16.5. The molecule has 0 N–H and O–H groups in total. The van der Waals surface area contributed by atoms with Crippen LogP contribution >= 0.6 is 0 Å². The van der Waals surface area contributed by atoms with Crippen LogP contribution in [0.2, 0.25) is 0 Å². The predicted molar refractivity (Wildman–Crippen MR) is 105 cm³/mol. The van der Waals surface area contributed by atoms with Crippen molar-refractivity contribution in [3.63, 3.8) is 0 Å². The molecular weight excluding hydrogens is 358 g/mol. The van der Waals surface area contributed by atoms with Crippen LogP contribution in [0.4, 0.5) is 0 Å². The van der Waals surface area contributed by atoms with Crippen LogP contribution in [0, 0.1) is 0 Å². The first-order valence-electron chi connectivity index (χ1n) is 9.55. The van der Waals surface area contributed by atoms with Crippen LogP contribution in [0.15, 0.2) is 36.4 Å². The number of methoxy groups -OCH3 is 4. The standard InChI is InChI=1S/C22H27NO5/c1-24-16-9-7-14(12-18(16)26-3)21-22(28-20-6-5-11-23(20)21)15-8-10-17(25-2)19(13-15)27-4/h7-10,12-13,20-22H,5-6,11H2,1-4H3/t20-,21+,22+/m0/s1. The summed E-state index contributed by atoms with van der Waals surface area (Å²) < 4.78 is 28.3. The molecule has 6 heteroatoms. The third-order valence-electron chi connectivity index (χ3n) is 5.67. The van der Waals surface area contributed by atoms with Crippen LogP contribution in [0.25, 0.3) is 0 Å². The van der Waals surface area contributed by atoms with E-state index in [1.165, 1.54) is 0 Å². The Morgan fingerprint density at radius 1 is 0.786 bits per heavy atom. The van der Waals surface area contributed by atoms with E-state index in [4.69, 9.17) is 23.7 Å². The Labute approximate surface area is 165 Å². The predicted octanol–water partition coefficient (Wildman–Crippen LogP) is 3.96. The lowest BCUT2D eigenvalue weighted by molar-refractivity contribution is 0.0173. The Morgan fingerprint density at radius 3 is 1.96 bits per heavy atom. The fraction of sp³-hybridized carbons (Fsp3) is 0.455. The molecule has 0 amide bonds. The molecule has 0 unspecified atom stereocenters. The minimum atomic E-state index is -0.0943. The van der Waals surface area contributed by atoms with Gasteiger partial charge in [0.15, 0.2) is 23.0 Å².